The Morgan fingerprint density at radius 3 is 2.79 bits per heavy atom. The number of thiophene rings is 1. The molecule has 0 fully saturated rings. The molecule has 0 aliphatic heterocycles. The molecule has 2 aromatic heterocycles. The highest BCUT2D eigenvalue weighted by Gasteiger charge is 2.14. The van der Waals surface area contributed by atoms with Crippen molar-refractivity contribution in [2.75, 3.05) is 11.6 Å². The molecule has 0 saturated heterocycles. The third-order valence-corrected chi connectivity index (χ3v) is 6.05. The van der Waals surface area contributed by atoms with Crippen LogP contribution in [0.4, 0.5) is 10.1 Å². The summed E-state index contributed by atoms with van der Waals surface area (Å²) in [5.41, 5.74) is 2.51. The Balaban J connectivity index is 1.58. The highest BCUT2D eigenvalue weighted by molar-refractivity contribution is 7.98. The molecule has 8 heteroatoms. The average molecular weight is 426 g/mol. The van der Waals surface area contributed by atoms with Gasteiger partial charge in [-0.2, -0.15) is 0 Å². The fourth-order valence-corrected chi connectivity index (χ4v) is 4.38. The lowest BCUT2D eigenvalue weighted by atomic mass is 10.1. The predicted molar refractivity (Wildman–Crippen MR) is 116 cm³/mol. The second kappa shape index (κ2) is 8.18. The number of halogens is 1. The van der Waals surface area contributed by atoms with Crippen molar-refractivity contribution < 1.29 is 9.18 Å². The minimum Gasteiger partial charge on any atom is -0.324 e. The maximum atomic E-state index is 13.2. The number of carbonyl (C=O) groups excluding carboxylic acids is 1. The Morgan fingerprint density at radius 1 is 1.24 bits per heavy atom. The van der Waals surface area contributed by atoms with Gasteiger partial charge in [0, 0.05) is 21.5 Å². The Morgan fingerprint density at radius 2 is 2.03 bits per heavy atom. The number of aromatic nitrogens is 2. The maximum absolute atomic E-state index is 13.2. The maximum Gasteiger partial charge on any atom is 0.271 e. The van der Waals surface area contributed by atoms with E-state index in [9.17, 15) is 14.0 Å². The molecule has 0 saturated carbocycles. The Hall–Kier alpha value is -2.97. The highest BCUT2D eigenvalue weighted by atomic mass is 32.2. The molecule has 146 valence electrons. The number of hydrogen-bond donors (Lipinski definition) is 1. The predicted octanol–water partition coefficient (Wildman–Crippen LogP) is 4.62. The van der Waals surface area contributed by atoms with E-state index in [-0.39, 0.29) is 23.8 Å². The number of rotatable bonds is 5. The number of thioether (sulfide) groups is 1. The van der Waals surface area contributed by atoms with Gasteiger partial charge in [0.2, 0.25) is 5.91 Å². The summed E-state index contributed by atoms with van der Waals surface area (Å²) in [6.45, 7) is -0.130. The molecule has 0 aliphatic rings. The number of nitrogens with one attached hydrogen (secondary N) is 1. The fraction of sp³-hybridized carbons (Fsp3) is 0.0952. The van der Waals surface area contributed by atoms with E-state index in [1.54, 1.807) is 30.0 Å². The van der Waals surface area contributed by atoms with Crippen molar-refractivity contribution in [1.29, 1.82) is 0 Å². The quantitative estimate of drug-likeness (QED) is 0.474. The summed E-state index contributed by atoms with van der Waals surface area (Å²) >= 11 is 2.85. The molecule has 0 bridgehead atoms. The molecule has 0 aliphatic carbocycles. The summed E-state index contributed by atoms with van der Waals surface area (Å²) in [5.74, 6) is -0.625. The van der Waals surface area contributed by atoms with E-state index in [2.05, 4.69) is 10.3 Å². The van der Waals surface area contributed by atoms with Gasteiger partial charge in [-0.25, -0.2) is 9.37 Å². The number of benzene rings is 2. The SMILES string of the molecule is CSc1cccc(NC(=O)Cn2cnc3c(-c4ccc(F)cc4)csc3c2=O)c1. The molecule has 0 spiro atoms. The molecule has 2 heterocycles. The van der Waals surface area contributed by atoms with Gasteiger partial charge < -0.3 is 5.32 Å². The van der Waals surface area contributed by atoms with Crippen LogP contribution in [0.1, 0.15) is 0 Å². The van der Waals surface area contributed by atoms with Gasteiger partial charge in [-0.1, -0.05) is 18.2 Å². The normalized spacial score (nSPS) is 11.0. The largest absolute Gasteiger partial charge is 0.324 e. The molecule has 4 aromatic rings. The number of nitrogens with zero attached hydrogens (tertiary/aromatic N) is 2. The molecular weight excluding hydrogens is 409 g/mol. The van der Waals surface area contributed by atoms with E-state index >= 15 is 0 Å². The van der Waals surface area contributed by atoms with E-state index in [4.69, 9.17) is 0 Å². The minimum atomic E-state index is -0.322. The summed E-state index contributed by atoms with van der Waals surface area (Å²) in [6, 6.07) is 13.5. The first kappa shape index (κ1) is 19.4. The first-order valence-electron chi connectivity index (χ1n) is 8.71. The van der Waals surface area contributed by atoms with Crippen molar-refractivity contribution in [3.8, 4) is 11.1 Å². The third-order valence-electron chi connectivity index (χ3n) is 4.37. The van der Waals surface area contributed by atoms with Crippen LogP contribution in [0.3, 0.4) is 0 Å². The van der Waals surface area contributed by atoms with Gasteiger partial charge >= 0.3 is 0 Å². The summed E-state index contributed by atoms with van der Waals surface area (Å²) < 4.78 is 14.9. The van der Waals surface area contributed by atoms with Gasteiger partial charge in [0.15, 0.2) is 0 Å². The molecular formula is C21H16FN3O2S2. The van der Waals surface area contributed by atoms with Crippen molar-refractivity contribution in [1.82, 2.24) is 9.55 Å². The van der Waals surface area contributed by atoms with Crippen LogP contribution in [0.5, 0.6) is 0 Å². The van der Waals surface area contributed by atoms with Crippen LogP contribution in [0.15, 0.2) is 69.9 Å². The van der Waals surface area contributed by atoms with Crippen LogP contribution < -0.4 is 10.9 Å². The van der Waals surface area contributed by atoms with Crippen molar-refractivity contribution in [3.63, 3.8) is 0 Å². The van der Waals surface area contributed by atoms with E-state index in [1.807, 2.05) is 29.8 Å². The fourth-order valence-electron chi connectivity index (χ4n) is 2.94. The lowest BCUT2D eigenvalue weighted by molar-refractivity contribution is -0.116. The van der Waals surface area contributed by atoms with E-state index < -0.39 is 0 Å². The standard InChI is InChI=1S/C21H16FN3O2S2/c1-28-16-4-2-3-15(9-16)24-18(26)10-25-12-23-19-17(11-29-20(19)21(25)27)13-5-7-14(22)8-6-13/h2-9,11-12H,10H2,1H3,(H,24,26). The van der Waals surface area contributed by atoms with Gasteiger partial charge in [-0.15, -0.1) is 23.1 Å². The summed E-state index contributed by atoms with van der Waals surface area (Å²) in [6.07, 6.45) is 3.34. The molecule has 0 atom stereocenters. The Bertz CT molecular complexity index is 1250. The van der Waals surface area contributed by atoms with Gasteiger partial charge in [0.25, 0.3) is 5.56 Å². The first-order chi connectivity index (χ1) is 14.0. The molecule has 4 rings (SSSR count). The summed E-state index contributed by atoms with van der Waals surface area (Å²) in [5, 5.41) is 4.63. The highest BCUT2D eigenvalue weighted by Crippen LogP contribution is 2.30. The average Bonchev–Trinajstić information content (AvgIpc) is 3.15. The number of hydrogen-bond acceptors (Lipinski definition) is 5. The molecule has 29 heavy (non-hydrogen) atoms. The molecule has 5 nitrogen and oxygen atoms in total. The number of amides is 1. The second-order valence-corrected chi connectivity index (χ2v) is 8.05. The van der Waals surface area contributed by atoms with Crippen molar-refractivity contribution in [3.05, 3.63) is 76.4 Å². The van der Waals surface area contributed by atoms with Crippen molar-refractivity contribution in [2.24, 2.45) is 0 Å². The van der Waals surface area contributed by atoms with E-state index in [0.29, 0.717) is 15.9 Å². The van der Waals surface area contributed by atoms with Gasteiger partial charge in [-0.05, 0) is 42.2 Å². The zero-order valence-corrected chi connectivity index (χ0v) is 17.0. The summed E-state index contributed by atoms with van der Waals surface area (Å²) in [7, 11) is 0. The Labute approximate surface area is 174 Å². The Kier molecular flexibility index (Phi) is 5.46. The second-order valence-electron chi connectivity index (χ2n) is 6.29. The zero-order chi connectivity index (χ0) is 20.4. The van der Waals surface area contributed by atoms with Crippen LogP contribution >= 0.6 is 23.1 Å². The lowest BCUT2D eigenvalue weighted by Crippen LogP contribution is -2.27. The van der Waals surface area contributed by atoms with Crippen molar-refractivity contribution in [2.45, 2.75) is 11.4 Å². The smallest absolute Gasteiger partial charge is 0.271 e. The topological polar surface area (TPSA) is 64.0 Å². The molecule has 0 unspecified atom stereocenters. The van der Waals surface area contributed by atoms with E-state index in [0.717, 1.165) is 16.0 Å². The lowest BCUT2D eigenvalue weighted by Gasteiger charge is -2.08. The van der Waals surface area contributed by atoms with Crippen LogP contribution in [0.2, 0.25) is 0 Å². The third kappa shape index (κ3) is 4.08. The number of fused-ring (bicyclic) bond motifs is 1. The van der Waals surface area contributed by atoms with Gasteiger partial charge in [0.1, 0.15) is 17.1 Å². The monoisotopic (exact) mass is 425 g/mol. The van der Waals surface area contributed by atoms with Crippen LogP contribution in [0, 0.1) is 5.82 Å². The van der Waals surface area contributed by atoms with Crippen LogP contribution in [-0.4, -0.2) is 21.7 Å². The number of anilines is 1. The van der Waals surface area contributed by atoms with Gasteiger partial charge in [0.05, 0.1) is 11.8 Å². The molecule has 2 aromatic carbocycles. The minimum absolute atomic E-state index is 0.130. The molecule has 1 N–H and O–H groups in total. The van der Waals surface area contributed by atoms with Crippen molar-refractivity contribution >= 4 is 44.9 Å². The van der Waals surface area contributed by atoms with Crippen LogP contribution in [0.25, 0.3) is 21.3 Å². The summed E-state index contributed by atoms with van der Waals surface area (Å²) in [4.78, 5) is 30.6. The molecule has 1 amide bonds. The van der Waals surface area contributed by atoms with Crippen LogP contribution in [-0.2, 0) is 11.3 Å². The number of carbonyl (C=O) groups is 1. The van der Waals surface area contributed by atoms with E-state index in [1.165, 1.54) is 34.4 Å². The molecule has 0 radical (unpaired) electrons. The van der Waals surface area contributed by atoms with Gasteiger partial charge in [-0.3, -0.25) is 14.2 Å². The zero-order valence-electron chi connectivity index (χ0n) is 15.4. The first-order valence-corrected chi connectivity index (χ1v) is 10.8.